The van der Waals surface area contributed by atoms with Gasteiger partial charge in [-0.2, -0.15) is 0 Å². The van der Waals surface area contributed by atoms with Crippen molar-refractivity contribution in [3.63, 3.8) is 0 Å². The quantitative estimate of drug-likeness (QED) is 0.285. The SMILES string of the molecule is CCOc1ccc(N(CC(=O)N(Cc2ccccc2)[C@@H](CC)C(=O)NC2CCCC2)S(=O)(=O)c2ccc(C)cc2)cc1. The van der Waals surface area contributed by atoms with Crippen LogP contribution in [0.15, 0.2) is 83.8 Å². The Labute approximate surface area is 249 Å². The van der Waals surface area contributed by atoms with E-state index in [9.17, 15) is 18.0 Å². The molecular weight excluding hydrogens is 550 g/mol. The van der Waals surface area contributed by atoms with Crippen molar-refractivity contribution in [2.75, 3.05) is 17.5 Å². The molecule has 1 saturated carbocycles. The molecule has 1 fully saturated rings. The Morgan fingerprint density at radius 2 is 1.57 bits per heavy atom. The lowest BCUT2D eigenvalue weighted by Gasteiger charge is -2.33. The zero-order valence-corrected chi connectivity index (χ0v) is 25.5. The van der Waals surface area contributed by atoms with Crippen molar-refractivity contribution in [2.45, 2.75) is 76.4 Å². The number of sulfonamides is 1. The van der Waals surface area contributed by atoms with E-state index in [1.807, 2.05) is 51.1 Å². The third-order valence-electron chi connectivity index (χ3n) is 7.61. The highest BCUT2D eigenvalue weighted by Crippen LogP contribution is 2.27. The first-order valence-corrected chi connectivity index (χ1v) is 16.1. The van der Waals surface area contributed by atoms with Gasteiger partial charge >= 0.3 is 0 Å². The van der Waals surface area contributed by atoms with Gasteiger partial charge in [-0.3, -0.25) is 13.9 Å². The molecule has 0 bridgehead atoms. The summed E-state index contributed by atoms with van der Waals surface area (Å²) in [5, 5.41) is 3.14. The first-order valence-electron chi connectivity index (χ1n) is 14.7. The topological polar surface area (TPSA) is 96.0 Å². The van der Waals surface area contributed by atoms with Crippen LogP contribution in [0.2, 0.25) is 0 Å². The molecule has 3 aromatic rings. The normalized spacial score (nSPS) is 14.3. The third kappa shape index (κ3) is 7.70. The highest BCUT2D eigenvalue weighted by atomic mass is 32.2. The van der Waals surface area contributed by atoms with E-state index in [-0.39, 0.29) is 23.4 Å². The molecule has 0 saturated heterocycles. The van der Waals surface area contributed by atoms with Crippen molar-refractivity contribution >= 4 is 27.5 Å². The van der Waals surface area contributed by atoms with Crippen LogP contribution in [0, 0.1) is 6.92 Å². The Morgan fingerprint density at radius 3 is 2.17 bits per heavy atom. The van der Waals surface area contributed by atoms with Crippen LogP contribution in [0.1, 0.15) is 57.1 Å². The lowest BCUT2D eigenvalue weighted by atomic mass is 10.1. The molecule has 0 aromatic heterocycles. The van der Waals surface area contributed by atoms with Crippen LogP contribution >= 0.6 is 0 Å². The van der Waals surface area contributed by atoms with Gasteiger partial charge in [-0.15, -0.1) is 0 Å². The number of hydrogen-bond donors (Lipinski definition) is 1. The number of carbonyl (C=O) groups is 2. The van der Waals surface area contributed by atoms with Crippen LogP contribution in [-0.4, -0.2) is 50.4 Å². The van der Waals surface area contributed by atoms with Gasteiger partial charge in [0.2, 0.25) is 11.8 Å². The molecule has 0 aliphatic heterocycles. The van der Waals surface area contributed by atoms with E-state index < -0.39 is 28.5 Å². The summed E-state index contributed by atoms with van der Waals surface area (Å²) in [4.78, 5) is 29.3. The Balaban J connectivity index is 1.70. The summed E-state index contributed by atoms with van der Waals surface area (Å²) in [7, 11) is -4.12. The Bertz CT molecular complexity index is 1420. The number of aryl methyl sites for hydroxylation is 1. The number of nitrogens with one attached hydrogen (secondary N) is 1. The average molecular weight is 592 g/mol. The zero-order valence-electron chi connectivity index (χ0n) is 24.7. The van der Waals surface area contributed by atoms with Crippen molar-refractivity contribution in [1.29, 1.82) is 0 Å². The number of rotatable bonds is 13. The minimum absolute atomic E-state index is 0.0791. The number of benzene rings is 3. The van der Waals surface area contributed by atoms with Crippen LogP contribution in [0.5, 0.6) is 5.75 Å². The number of nitrogens with zero attached hydrogens (tertiary/aromatic N) is 2. The lowest BCUT2D eigenvalue weighted by Crippen LogP contribution is -2.53. The predicted molar refractivity (Wildman–Crippen MR) is 165 cm³/mol. The van der Waals surface area contributed by atoms with E-state index in [0.29, 0.717) is 24.5 Å². The van der Waals surface area contributed by atoms with Gasteiger partial charge in [0.25, 0.3) is 10.0 Å². The second kappa shape index (κ2) is 14.4. The fraction of sp³-hybridized carbons (Fsp3) is 0.394. The molecule has 0 spiro atoms. The Morgan fingerprint density at radius 1 is 0.929 bits per heavy atom. The van der Waals surface area contributed by atoms with Crippen LogP contribution in [-0.2, 0) is 26.2 Å². The molecule has 3 aromatic carbocycles. The summed E-state index contributed by atoms with van der Waals surface area (Å²) in [6, 6.07) is 22.0. The van der Waals surface area contributed by atoms with Gasteiger partial charge < -0.3 is 15.0 Å². The summed E-state index contributed by atoms with van der Waals surface area (Å²) in [5.41, 5.74) is 2.10. The summed E-state index contributed by atoms with van der Waals surface area (Å²) in [5.74, 6) is -0.0693. The molecule has 0 unspecified atom stereocenters. The van der Waals surface area contributed by atoms with Gasteiger partial charge in [0.05, 0.1) is 17.2 Å². The maximum absolute atomic E-state index is 14.2. The first kappa shape index (κ1) is 31.1. The number of amides is 2. The number of ether oxygens (including phenoxy) is 1. The second-order valence-corrected chi connectivity index (χ2v) is 12.5. The fourth-order valence-corrected chi connectivity index (χ4v) is 6.72. The zero-order chi connectivity index (χ0) is 30.1. The largest absolute Gasteiger partial charge is 0.494 e. The molecule has 0 radical (unpaired) electrons. The minimum atomic E-state index is -4.12. The van der Waals surface area contributed by atoms with Gasteiger partial charge in [-0.1, -0.05) is 67.8 Å². The molecule has 42 heavy (non-hydrogen) atoms. The highest BCUT2D eigenvalue weighted by molar-refractivity contribution is 7.92. The van der Waals surface area contributed by atoms with Crippen molar-refractivity contribution in [3.05, 3.63) is 90.0 Å². The smallest absolute Gasteiger partial charge is 0.264 e. The number of carbonyl (C=O) groups excluding carboxylic acids is 2. The Hall–Kier alpha value is -3.85. The molecule has 4 rings (SSSR count). The van der Waals surface area contributed by atoms with Gasteiger partial charge in [0, 0.05) is 12.6 Å². The maximum atomic E-state index is 14.2. The first-order chi connectivity index (χ1) is 20.2. The van der Waals surface area contributed by atoms with Crippen LogP contribution in [0.4, 0.5) is 5.69 Å². The van der Waals surface area contributed by atoms with E-state index >= 15 is 0 Å². The van der Waals surface area contributed by atoms with Crippen molar-refractivity contribution in [3.8, 4) is 5.75 Å². The van der Waals surface area contributed by atoms with E-state index in [2.05, 4.69) is 5.32 Å². The van der Waals surface area contributed by atoms with E-state index in [4.69, 9.17) is 4.74 Å². The van der Waals surface area contributed by atoms with Crippen LogP contribution in [0.25, 0.3) is 0 Å². The molecule has 1 atom stereocenters. The molecular formula is C33H41N3O5S. The number of hydrogen-bond acceptors (Lipinski definition) is 5. The molecule has 224 valence electrons. The predicted octanol–water partition coefficient (Wildman–Crippen LogP) is 5.46. The van der Waals surface area contributed by atoms with Gasteiger partial charge in [0.1, 0.15) is 18.3 Å². The molecule has 1 aliphatic rings. The van der Waals surface area contributed by atoms with Gasteiger partial charge in [-0.25, -0.2) is 8.42 Å². The van der Waals surface area contributed by atoms with E-state index in [0.717, 1.165) is 41.1 Å². The van der Waals surface area contributed by atoms with Gasteiger partial charge in [-0.05, 0) is 75.1 Å². The molecule has 8 nitrogen and oxygen atoms in total. The monoisotopic (exact) mass is 591 g/mol. The van der Waals surface area contributed by atoms with Crippen LogP contribution in [0.3, 0.4) is 0 Å². The number of anilines is 1. The second-order valence-electron chi connectivity index (χ2n) is 10.7. The summed E-state index contributed by atoms with van der Waals surface area (Å²) >= 11 is 0. The third-order valence-corrected chi connectivity index (χ3v) is 9.39. The summed E-state index contributed by atoms with van der Waals surface area (Å²) < 4.78 is 34.7. The van der Waals surface area contributed by atoms with Gasteiger partial charge in [0.15, 0.2) is 0 Å². The van der Waals surface area contributed by atoms with Crippen molar-refractivity contribution < 1.29 is 22.7 Å². The minimum Gasteiger partial charge on any atom is -0.494 e. The summed E-state index contributed by atoms with van der Waals surface area (Å²) in [6.07, 6.45) is 4.39. The fourth-order valence-electron chi connectivity index (χ4n) is 5.31. The van der Waals surface area contributed by atoms with Crippen molar-refractivity contribution in [2.24, 2.45) is 0 Å². The summed E-state index contributed by atoms with van der Waals surface area (Å²) in [6.45, 7) is 5.81. The molecule has 1 N–H and O–H groups in total. The lowest BCUT2D eigenvalue weighted by molar-refractivity contribution is -0.140. The van der Waals surface area contributed by atoms with Crippen molar-refractivity contribution in [1.82, 2.24) is 10.2 Å². The highest BCUT2D eigenvalue weighted by Gasteiger charge is 2.34. The van der Waals surface area contributed by atoms with E-state index in [1.54, 1.807) is 48.5 Å². The average Bonchev–Trinajstić information content (AvgIpc) is 3.50. The molecule has 2 amide bonds. The standard InChI is InChI=1S/C33H41N3O5S/c1-4-31(33(38)34-27-13-9-10-14-27)35(23-26-11-7-6-8-12-26)32(37)24-36(28-17-19-29(20-18-28)41-5-2)42(39,40)30-21-15-25(3)16-22-30/h6-8,11-12,15-22,27,31H,4-5,9-10,13-14,23-24H2,1-3H3,(H,34,38)/t31-/m0/s1. The Kier molecular flexibility index (Phi) is 10.6. The molecule has 9 heteroatoms. The van der Waals surface area contributed by atoms with E-state index in [1.165, 1.54) is 4.90 Å². The molecule has 0 heterocycles. The molecule has 1 aliphatic carbocycles. The van der Waals surface area contributed by atoms with Crippen LogP contribution < -0.4 is 14.4 Å². The maximum Gasteiger partial charge on any atom is 0.264 e.